The minimum Gasteiger partial charge on any atom is -0.479 e. The fourth-order valence-corrected chi connectivity index (χ4v) is 1.81. The van der Waals surface area contributed by atoms with Crippen LogP contribution < -0.4 is 0 Å². The lowest BCUT2D eigenvalue weighted by Crippen LogP contribution is -2.60. The van der Waals surface area contributed by atoms with Crippen LogP contribution in [0.2, 0.25) is 0 Å². The molecule has 0 spiro atoms. The second-order valence-electron chi connectivity index (χ2n) is 4.38. The number of aliphatic hydroxyl groups is 3. The number of carbonyl (C=O) groups excluding carboxylic acids is 1. The molecule has 1 aromatic heterocycles. The van der Waals surface area contributed by atoms with Gasteiger partial charge in [0.1, 0.15) is 18.3 Å². The molecule has 1 aromatic rings. The van der Waals surface area contributed by atoms with Crippen LogP contribution in [0.3, 0.4) is 0 Å². The van der Waals surface area contributed by atoms with Crippen molar-refractivity contribution in [3.8, 4) is 0 Å². The van der Waals surface area contributed by atoms with Gasteiger partial charge in [0.2, 0.25) is 6.29 Å². The SMILES string of the molecule is O=C(O[C@H]1O[C@@H](C(=O)O)[C@H](O)[C@@H](O)[C@@H]1O)c1cccnc1. The average Bonchev–Trinajstić information content (AvgIpc) is 2.48. The third-order valence-corrected chi connectivity index (χ3v) is 2.93. The maximum absolute atomic E-state index is 11.8. The van der Waals surface area contributed by atoms with Gasteiger partial charge in [-0.1, -0.05) is 0 Å². The summed E-state index contributed by atoms with van der Waals surface area (Å²) >= 11 is 0. The van der Waals surface area contributed by atoms with E-state index in [1.807, 2.05) is 0 Å². The van der Waals surface area contributed by atoms with E-state index in [9.17, 15) is 24.9 Å². The Kier molecular flexibility index (Phi) is 4.48. The molecule has 0 bridgehead atoms. The molecule has 1 fully saturated rings. The molecule has 0 unspecified atom stereocenters. The van der Waals surface area contributed by atoms with Gasteiger partial charge in [0.05, 0.1) is 5.56 Å². The van der Waals surface area contributed by atoms with Crippen LogP contribution in [0.1, 0.15) is 10.4 Å². The summed E-state index contributed by atoms with van der Waals surface area (Å²) in [6.45, 7) is 0. The second kappa shape index (κ2) is 6.14. The van der Waals surface area contributed by atoms with Gasteiger partial charge >= 0.3 is 11.9 Å². The zero-order valence-corrected chi connectivity index (χ0v) is 10.6. The number of hydrogen-bond acceptors (Lipinski definition) is 8. The molecule has 0 amide bonds. The quantitative estimate of drug-likeness (QED) is 0.471. The molecule has 114 valence electrons. The minimum absolute atomic E-state index is 0.0563. The van der Waals surface area contributed by atoms with E-state index in [-0.39, 0.29) is 5.56 Å². The van der Waals surface area contributed by atoms with Gasteiger partial charge in [0, 0.05) is 12.4 Å². The Morgan fingerprint density at radius 1 is 1.19 bits per heavy atom. The van der Waals surface area contributed by atoms with Gasteiger partial charge in [-0.2, -0.15) is 0 Å². The lowest BCUT2D eigenvalue weighted by Gasteiger charge is -2.37. The topological polar surface area (TPSA) is 146 Å². The normalized spacial score (nSPS) is 32.4. The third kappa shape index (κ3) is 3.16. The number of esters is 1. The molecule has 9 nitrogen and oxygen atoms in total. The predicted octanol–water partition coefficient (Wildman–Crippen LogP) is -1.87. The van der Waals surface area contributed by atoms with Crippen molar-refractivity contribution in [2.45, 2.75) is 30.7 Å². The Morgan fingerprint density at radius 2 is 1.90 bits per heavy atom. The predicted molar refractivity (Wildman–Crippen MR) is 64.0 cm³/mol. The summed E-state index contributed by atoms with van der Waals surface area (Å²) in [4.78, 5) is 26.4. The molecule has 4 N–H and O–H groups in total. The first-order valence-electron chi connectivity index (χ1n) is 5.95. The molecule has 1 aliphatic rings. The van der Waals surface area contributed by atoms with Gasteiger partial charge in [-0.3, -0.25) is 4.98 Å². The Balaban J connectivity index is 2.11. The number of aliphatic hydroxyl groups excluding tert-OH is 3. The molecule has 5 atom stereocenters. The summed E-state index contributed by atoms with van der Waals surface area (Å²) in [7, 11) is 0. The van der Waals surface area contributed by atoms with Crippen molar-refractivity contribution in [1.29, 1.82) is 0 Å². The molecule has 21 heavy (non-hydrogen) atoms. The van der Waals surface area contributed by atoms with E-state index >= 15 is 0 Å². The van der Waals surface area contributed by atoms with E-state index < -0.39 is 42.6 Å². The summed E-state index contributed by atoms with van der Waals surface area (Å²) in [5.74, 6) is -2.48. The number of rotatable bonds is 3. The van der Waals surface area contributed by atoms with Crippen LogP contribution in [-0.2, 0) is 14.3 Å². The number of hydrogen-bond donors (Lipinski definition) is 4. The van der Waals surface area contributed by atoms with Crippen LogP contribution in [0.4, 0.5) is 0 Å². The fraction of sp³-hybridized carbons (Fsp3) is 0.417. The van der Waals surface area contributed by atoms with Crippen LogP contribution >= 0.6 is 0 Å². The summed E-state index contributed by atoms with van der Waals surface area (Å²) in [5, 5.41) is 37.6. The van der Waals surface area contributed by atoms with E-state index in [0.29, 0.717) is 0 Å². The zero-order chi connectivity index (χ0) is 15.6. The Labute approximate surface area is 118 Å². The molecule has 0 radical (unpaired) electrons. The highest BCUT2D eigenvalue weighted by Crippen LogP contribution is 2.23. The minimum atomic E-state index is -1.84. The van der Waals surface area contributed by atoms with E-state index in [0.717, 1.165) is 0 Å². The monoisotopic (exact) mass is 299 g/mol. The van der Waals surface area contributed by atoms with Crippen LogP contribution in [0.5, 0.6) is 0 Å². The van der Waals surface area contributed by atoms with Gasteiger partial charge in [-0.15, -0.1) is 0 Å². The molecular weight excluding hydrogens is 286 g/mol. The van der Waals surface area contributed by atoms with Crippen molar-refractivity contribution < 1.29 is 39.5 Å². The first-order valence-corrected chi connectivity index (χ1v) is 5.95. The van der Waals surface area contributed by atoms with Crippen molar-refractivity contribution in [2.24, 2.45) is 0 Å². The van der Waals surface area contributed by atoms with Gasteiger partial charge < -0.3 is 29.9 Å². The average molecular weight is 299 g/mol. The van der Waals surface area contributed by atoms with Gasteiger partial charge in [0.25, 0.3) is 0 Å². The van der Waals surface area contributed by atoms with Crippen molar-refractivity contribution in [3.05, 3.63) is 30.1 Å². The second-order valence-corrected chi connectivity index (χ2v) is 4.38. The van der Waals surface area contributed by atoms with Crippen LogP contribution in [0.15, 0.2) is 24.5 Å². The molecule has 0 aliphatic carbocycles. The first kappa shape index (κ1) is 15.3. The number of carbonyl (C=O) groups is 2. The standard InChI is InChI=1S/C12H13NO8/c14-6-7(15)9(10(17)18)20-12(8(6)16)21-11(19)5-2-1-3-13-4-5/h1-4,6-9,12,14-16H,(H,17,18)/t6-,7-,8+,9-,12-/m1/s1. The highest BCUT2D eigenvalue weighted by molar-refractivity contribution is 5.89. The molecule has 2 rings (SSSR count). The number of carboxylic acids is 1. The first-order chi connectivity index (χ1) is 9.91. The van der Waals surface area contributed by atoms with E-state index in [2.05, 4.69) is 4.98 Å². The third-order valence-electron chi connectivity index (χ3n) is 2.93. The lowest BCUT2D eigenvalue weighted by molar-refractivity contribution is -0.278. The smallest absolute Gasteiger partial charge is 0.342 e. The number of nitrogens with zero attached hydrogens (tertiary/aromatic N) is 1. The Morgan fingerprint density at radius 3 is 2.48 bits per heavy atom. The maximum Gasteiger partial charge on any atom is 0.342 e. The van der Waals surface area contributed by atoms with Crippen LogP contribution in [-0.4, -0.2) is 68.1 Å². The zero-order valence-electron chi connectivity index (χ0n) is 10.6. The molecule has 2 heterocycles. The highest BCUT2D eigenvalue weighted by Gasteiger charge is 2.48. The lowest BCUT2D eigenvalue weighted by atomic mass is 9.99. The number of carboxylic acid groups (broad SMARTS) is 1. The van der Waals surface area contributed by atoms with Crippen molar-refractivity contribution >= 4 is 11.9 Å². The Hall–Kier alpha value is -2.07. The number of aromatic nitrogens is 1. The summed E-state index contributed by atoms with van der Waals surface area (Å²) in [5.41, 5.74) is 0.0563. The molecule has 0 saturated carbocycles. The highest BCUT2D eigenvalue weighted by atomic mass is 16.7. The van der Waals surface area contributed by atoms with Crippen molar-refractivity contribution in [3.63, 3.8) is 0 Å². The van der Waals surface area contributed by atoms with E-state index in [4.69, 9.17) is 14.6 Å². The molecule has 1 aliphatic heterocycles. The molecule has 1 saturated heterocycles. The number of ether oxygens (including phenoxy) is 2. The number of aliphatic carboxylic acids is 1. The van der Waals surface area contributed by atoms with Gasteiger partial charge in [-0.25, -0.2) is 9.59 Å². The van der Waals surface area contributed by atoms with Crippen molar-refractivity contribution in [1.82, 2.24) is 4.98 Å². The van der Waals surface area contributed by atoms with E-state index in [1.54, 1.807) is 0 Å². The summed E-state index contributed by atoms with van der Waals surface area (Å²) in [6.07, 6.45) is -6.36. The number of pyridine rings is 1. The fourth-order valence-electron chi connectivity index (χ4n) is 1.81. The molecular formula is C12H13NO8. The van der Waals surface area contributed by atoms with E-state index in [1.165, 1.54) is 24.5 Å². The van der Waals surface area contributed by atoms with Gasteiger partial charge in [0.15, 0.2) is 6.10 Å². The van der Waals surface area contributed by atoms with Crippen LogP contribution in [0, 0.1) is 0 Å². The largest absolute Gasteiger partial charge is 0.479 e. The maximum atomic E-state index is 11.8. The van der Waals surface area contributed by atoms with Crippen molar-refractivity contribution in [2.75, 3.05) is 0 Å². The Bertz CT molecular complexity index is 521. The van der Waals surface area contributed by atoms with Gasteiger partial charge in [-0.05, 0) is 12.1 Å². The molecule has 9 heteroatoms. The molecule has 0 aromatic carbocycles. The summed E-state index contributed by atoms with van der Waals surface area (Å²) in [6, 6.07) is 2.87. The van der Waals surface area contributed by atoms with Crippen LogP contribution in [0.25, 0.3) is 0 Å². The summed E-state index contributed by atoms with van der Waals surface area (Å²) < 4.78 is 9.62.